The largest absolute Gasteiger partial charge is 0.355 e. The fourth-order valence-corrected chi connectivity index (χ4v) is 5.30. The smallest absolute Gasteiger partial charge is 0.295 e. The van der Waals surface area contributed by atoms with E-state index < -0.39 is 0 Å². The van der Waals surface area contributed by atoms with Gasteiger partial charge in [-0.1, -0.05) is 41.5 Å². The average molecular weight is 486 g/mol. The van der Waals surface area contributed by atoms with Crippen molar-refractivity contribution >= 4 is 22.9 Å². The van der Waals surface area contributed by atoms with Crippen molar-refractivity contribution in [2.75, 3.05) is 24.5 Å². The minimum atomic E-state index is -0.160. The van der Waals surface area contributed by atoms with Crippen LogP contribution in [0.25, 0.3) is 11.2 Å². The lowest BCUT2D eigenvalue weighted by atomic mass is 9.96. The number of nitrogens with zero attached hydrogens (tertiary/aromatic N) is 4. The van der Waals surface area contributed by atoms with Crippen molar-refractivity contribution in [1.82, 2.24) is 19.9 Å². The van der Waals surface area contributed by atoms with E-state index in [1.54, 1.807) is 10.8 Å². The molecule has 1 saturated heterocycles. The van der Waals surface area contributed by atoms with E-state index in [0.29, 0.717) is 36.6 Å². The van der Waals surface area contributed by atoms with Gasteiger partial charge >= 0.3 is 0 Å². The Morgan fingerprint density at radius 1 is 1.14 bits per heavy atom. The van der Waals surface area contributed by atoms with Crippen LogP contribution in [0.4, 0.5) is 5.82 Å². The molecule has 2 aliphatic rings. The topological polar surface area (TPSA) is 80.1 Å². The number of fused-ring (bicyclic) bond motifs is 1. The summed E-state index contributed by atoms with van der Waals surface area (Å²) in [6, 6.07) is 11.9. The number of rotatable bonds is 7. The number of allylic oxidation sites excluding steroid dienone is 1. The number of carbonyl (C=O) groups is 1. The molecule has 1 atom stereocenters. The first kappa shape index (κ1) is 24.2. The van der Waals surface area contributed by atoms with Gasteiger partial charge in [-0.25, -0.2) is 9.97 Å². The SMILES string of the molecule is Cc1ccc(Cn2c(=O)c(N3CCCC(C(=O)NCCC4=CCCCC4)C3)nc3cccnc32)cc1. The molecule has 7 nitrogen and oxygen atoms in total. The Morgan fingerprint density at radius 3 is 2.81 bits per heavy atom. The molecule has 3 aromatic rings. The summed E-state index contributed by atoms with van der Waals surface area (Å²) < 4.78 is 1.71. The van der Waals surface area contributed by atoms with Crippen molar-refractivity contribution in [3.8, 4) is 0 Å². The molecule has 1 fully saturated rings. The highest BCUT2D eigenvalue weighted by Crippen LogP contribution is 2.23. The van der Waals surface area contributed by atoms with Crippen LogP contribution in [0.1, 0.15) is 56.1 Å². The molecule has 0 bridgehead atoms. The van der Waals surface area contributed by atoms with Gasteiger partial charge in [-0.3, -0.25) is 14.2 Å². The molecule has 0 radical (unpaired) electrons. The van der Waals surface area contributed by atoms with Gasteiger partial charge < -0.3 is 10.2 Å². The number of nitrogens with one attached hydrogen (secondary N) is 1. The molecule has 1 aromatic carbocycles. The number of hydrogen-bond donors (Lipinski definition) is 1. The zero-order chi connectivity index (χ0) is 24.9. The van der Waals surface area contributed by atoms with Crippen LogP contribution < -0.4 is 15.8 Å². The Morgan fingerprint density at radius 2 is 2.00 bits per heavy atom. The third-order valence-electron chi connectivity index (χ3n) is 7.37. The number of aryl methyl sites for hydroxylation is 1. The van der Waals surface area contributed by atoms with Gasteiger partial charge in [0, 0.05) is 25.8 Å². The van der Waals surface area contributed by atoms with Gasteiger partial charge in [0.25, 0.3) is 5.56 Å². The molecule has 1 aliphatic heterocycles. The summed E-state index contributed by atoms with van der Waals surface area (Å²) in [7, 11) is 0. The molecular formula is C29H35N5O2. The average Bonchev–Trinajstić information content (AvgIpc) is 2.92. The number of carbonyl (C=O) groups excluding carboxylic acids is 1. The molecule has 1 N–H and O–H groups in total. The van der Waals surface area contributed by atoms with Crippen molar-refractivity contribution in [2.45, 2.75) is 58.4 Å². The van der Waals surface area contributed by atoms with Gasteiger partial charge in [-0.2, -0.15) is 0 Å². The Balaban J connectivity index is 1.34. The first-order valence-electron chi connectivity index (χ1n) is 13.2. The lowest BCUT2D eigenvalue weighted by molar-refractivity contribution is -0.125. The molecule has 2 aromatic heterocycles. The maximum atomic E-state index is 13.7. The second-order valence-electron chi connectivity index (χ2n) is 10.1. The summed E-state index contributed by atoms with van der Waals surface area (Å²) in [6.07, 6.45) is 11.5. The number of piperidine rings is 1. The van der Waals surface area contributed by atoms with E-state index >= 15 is 0 Å². The maximum absolute atomic E-state index is 13.7. The second-order valence-corrected chi connectivity index (χ2v) is 10.1. The van der Waals surface area contributed by atoms with Crippen molar-refractivity contribution < 1.29 is 4.79 Å². The molecule has 36 heavy (non-hydrogen) atoms. The van der Waals surface area contributed by atoms with Crippen LogP contribution in [0, 0.1) is 12.8 Å². The van der Waals surface area contributed by atoms with Crippen LogP contribution in [-0.2, 0) is 11.3 Å². The molecule has 0 saturated carbocycles. The van der Waals surface area contributed by atoms with Gasteiger partial charge in [0.05, 0.1) is 12.5 Å². The zero-order valence-corrected chi connectivity index (χ0v) is 21.1. The number of aromatic nitrogens is 3. The Bertz CT molecular complexity index is 1310. The second kappa shape index (κ2) is 11.1. The van der Waals surface area contributed by atoms with Crippen LogP contribution in [0.15, 0.2) is 59.0 Å². The summed E-state index contributed by atoms with van der Waals surface area (Å²) in [5.74, 6) is 0.349. The van der Waals surface area contributed by atoms with Gasteiger partial charge in [-0.05, 0) is 69.6 Å². The Kier molecular flexibility index (Phi) is 7.44. The molecule has 0 spiro atoms. The lowest BCUT2D eigenvalue weighted by Crippen LogP contribution is -2.46. The van der Waals surface area contributed by atoms with E-state index in [1.165, 1.54) is 24.0 Å². The summed E-state index contributed by atoms with van der Waals surface area (Å²) in [5, 5.41) is 3.14. The third kappa shape index (κ3) is 5.50. The highest BCUT2D eigenvalue weighted by molar-refractivity contribution is 5.79. The Hall–Kier alpha value is -3.48. The van der Waals surface area contributed by atoms with Gasteiger partial charge in [0.2, 0.25) is 5.91 Å². The third-order valence-corrected chi connectivity index (χ3v) is 7.37. The number of anilines is 1. The highest BCUT2D eigenvalue weighted by atomic mass is 16.2. The monoisotopic (exact) mass is 485 g/mol. The fourth-order valence-electron chi connectivity index (χ4n) is 5.30. The van der Waals surface area contributed by atoms with Crippen LogP contribution in [0.3, 0.4) is 0 Å². The number of pyridine rings is 1. The Labute approximate surface area is 212 Å². The maximum Gasteiger partial charge on any atom is 0.295 e. The predicted molar refractivity (Wildman–Crippen MR) is 143 cm³/mol. The minimum absolute atomic E-state index is 0.0820. The molecule has 1 aliphatic carbocycles. The van der Waals surface area contributed by atoms with E-state index in [1.807, 2.05) is 36.1 Å². The predicted octanol–water partition coefficient (Wildman–Crippen LogP) is 4.37. The lowest BCUT2D eigenvalue weighted by Gasteiger charge is -2.32. The zero-order valence-electron chi connectivity index (χ0n) is 21.1. The number of hydrogen-bond acceptors (Lipinski definition) is 5. The first-order chi connectivity index (χ1) is 17.6. The minimum Gasteiger partial charge on any atom is -0.355 e. The van der Waals surface area contributed by atoms with E-state index in [-0.39, 0.29) is 17.4 Å². The van der Waals surface area contributed by atoms with E-state index in [4.69, 9.17) is 4.98 Å². The molecule has 7 heteroatoms. The summed E-state index contributed by atoms with van der Waals surface area (Å²) in [5.41, 5.74) is 4.79. The van der Waals surface area contributed by atoms with E-state index in [2.05, 4.69) is 28.5 Å². The molecule has 188 valence electrons. The van der Waals surface area contributed by atoms with Crippen LogP contribution in [-0.4, -0.2) is 40.1 Å². The number of amides is 1. The van der Waals surface area contributed by atoms with Crippen LogP contribution in [0.5, 0.6) is 0 Å². The standard InChI is InChI=1S/C29H35N5O2/c1-21-11-13-23(14-12-21)19-34-26-25(10-5-16-30-26)32-27(29(34)36)33-18-6-9-24(20-33)28(35)31-17-15-22-7-3-2-4-8-22/h5,7,10-14,16,24H,2-4,6,8-9,15,17-20H2,1H3,(H,31,35). The molecular weight excluding hydrogens is 450 g/mol. The van der Waals surface area contributed by atoms with Crippen molar-refractivity contribution in [3.63, 3.8) is 0 Å². The summed E-state index contributed by atoms with van der Waals surface area (Å²) in [4.78, 5) is 37.9. The van der Waals surface area contributed by atoms with Gasteiger partial charge in [-0.15, -0.1) is 0 Å². The van der Waals surface area contributed by atoms with Gasteiger partial charge in [0.15, 0.2) is 11.5 Å². The van der Waals surface area contributed by atoms with Crippen molar-refractivity contribution in [1.29, 1.82) is 0 Å². The highest BCUT2D eigenvalue weighted by Gasteiger charge is 2.28. The fraction of sp³-hybridized carbons (Fsp3) is 0.448. The number of benzene rings is 1. The molecule has 5 rings (SSSR count). The quantitative estimate of drug-likeness (QED) is 0.503. The van der Waals surface area contributed by atoms with Gasteiger partial charge in [0.1, 0.15) is 5.52 Å². The molecule has 3 heterocycles. The van der Waals surface area contributed by atoms with E-state index in [0.717, 1.165) is 44.2 Å². The van der Waals surface area contributed by atoms with Crippen LogP contribution in [0.2, 0.25) is 0 Å². The summed E-state index contributed by atoms with van der Waals surface area (Å²) in [6.45, 7) is 4.39. The molecule has 1 unspecified atom stereocenters. The first-order valence-corrected chi connectivity index (χ1v) is 13.2. The van der Waals surface area contributed by atoms with Crippen molar-refractivity contribution in [3.05, 3.63) is 75.7 Å². The van der Waals surface area contributed by atoms with Crippen molar-refractivity contribution in [2.24, 2.45) is 5.92 Å². The summed E-state index contributed by atoms with van der Waals surface area (Å²) >= 11 is 0. The normalized spacial score (nSPS) is 18.2. The van der Waals surface area contributed by atoms with Crippen LogP contribution >= 0.6 is 0 Å². The molecule has 1 amide bonds. The van der Waals surface area contributed by atoms with E-state index in [9.17, 15) is 9.59 Å².